The van der Waals surface area contributed by atoms with Gasteiger partial charge in [0.1, 0.15) is 0 Å². The molecule has 0 aliphatic carbocycles. The van der Waals surface area contributed by atoms with E-state index >= 15 is 0 Å². The Morgan fingerprint density at radius 3 is 2.92 bits per heavy atom. The van der Waals surface area contributed by atoms with Gasteiger partial charge in [0.25, 0.3) is 0 Å². The number of carbonyl (C=O) groups is 1. The van der Waals surface area contributed by atoms with Crippen LogP contribution < -0.4 is 11.5 Å². The zero-order valence-electron chi connectivity index (χ0n) is 8.04. The summed E-state index contributed by atoms with van der Waals surface area (Å²) in [6.45, 7) is 3.64. The first kappa shape index (κ1) is 10.5. The summed E-state index contributed by atoms with van der Waals surface area (Å²) in [5.41, 5.74) is 10.7. The fraction of sp³-hybridized carbons (Fsp3) is 0.889. The number of nitrogens with zero attached hydrogens (tertiary/aromatic N) is 1. The van der Waals surface area contributed by atoms with Crippen molar-refractivity contribution in [1.29, 1.82) is 0 Å². The molecule has 1 aliphatic heterocycles. The minimum absolute atomic E-state index is 0.0616. The highest BCUT2D eigenvalue weighted by Gasteiger charge is 2.23. The summed E-state index contributed by atoms with van der Waals surface area (Å²) >= 11 is 0. The SMILES string of the molecule is NCCCN1CCC[C@@H](C(N)=O)C1. The first-order chi connectivity index (χ1) is 6.24. The minimum Gasteiger partial charge on any atom is -0.369 e. The third kappa shape index (κ3) is 3.32. The Morgan fingerprint density at radius 1 is 1.54 bits per heavy atom. The molecular formula is C9H19N3O. The fourth-order valence-corrected chi connectivity index (χ4v) is 1.81. The van der Waals surface area contributed by atoms with Crippen molar-refractivity contribution in [1.82, 2.24) is 4.90 Å². The van der Waals surface area contributed by atoms with Crippen molar-refractivity contribution in [2.24, 2.45) is 17.4 Å². The van der Waals surface area contributed by atoms with Crippen molar-refractivity contribution < 1.29 is 4.79 Å². The van der Waals surface area contributed by atoms with E-state index in [4.69, 9.17) is 11.5 Å². The Morgan fingerprint density at radius 2 is 2.31 bits per heavy atom. The van der Waals surface area contributed by atoms with E-state index in [0.717, 1.165) is 45.4 Å². The summed E-state index contributed by atoms with van der Waals surface area (Å²) in [5, 5.41) is 0. The summed E-state index contributed by atoms with van der Waals surface area (Å²) in [7, 11) is 0. The molecule has 4 nitrogen and oxygen atoms in total. The number of rotatable bonds is 4. The monoisotopic (exact) mass is 185 g/mol. The van der Waals surface area contributed by atoms with Gasteiger partial charge in [0, 0.05) is 6.54 Å². The van der Waals surface area contributed by atoms with Gasteiger partial charge in [-0.2, -0.15) is 0 Å². The van der Waals surface area contributed by atoms with E-state index in [0.29, 0.717) is 0 Å². The zero-order valence-corrected chi connectivity index (χ0v) is 8.04. The maximum atomic E-state index is 10.9. The third-order valence-corrected chi connectivity index (χ3v) is 2.59. The smallest absolute Gasteiger partial charge is 0.221 e. The lowest BCUT2D eigenvalue weighted by Gasteiger charge is -2.30. The predicted octanol–water partition coefficient (Wildman–Crippen LogP) is -0.467. The van der Waals surface area contributed by atoms with Gasteiger partial charge < -0.3 is 16.4 Å². The maximum absolute atomic E-state index is 10.9. The van der Waals surface area contributed by atoms with E-state index < -0.39 is 0 Å². The van der Waals surface area contributed by atoms with Crippen molar-refractivity contribution in [2.45, 2.75) is 19.3 Å². The second-order valence-corrected chi connectivity index (χ2v) is 3.68. The van der Waals surface area contributed by atoms with E-state index in [1.807, 2.05) is 0 Å². The summed E-state index contributed by atoms with van der Waals surface area (Å²) < 4.78 is 0. The molecule has 1 fully saturated rings. The number of piperidine rings is 1. The molecule has 1 amide bonds. The quantitative estimate of drug-likeness (QED) is 0.622. The van der Waals surface area contributed by atoms with E-state index in [9.17, 15) is 4.79 Å². The van der Waals surface area contributed by atoms with Crippen LogP contribution in [0.2, 0.25) is 0 Å². The molecule has 1 atom stereocenters. The van der Waals surface area contributed by atoms with Crippen LogP contribution >= 0.6 is 0 Å². The van der Waals surface area contributed by atoms with E-state index in [1.54, 1.807) is 0 Å². The van der Waals surface area contributed by atoms with Gasteiger partial charge in [-0.3, -0.25) is 4.79 Å². The van der Waals surface area contributed by atoms with Crippen molar-refractivity contribution in [3.8, 4) is 0 Å². The van der Waals surface area contributed by atoms with E-state index in [2.05, 4.69) is 4.90 Å². The lowest BCUT2D eigenvalue weighted by molar-refractivity contribution is -0.123. The van der Waals surface area contributed by atoms with Gasteiger partial charge in [-0.15, -0.1) is 0 Å². The molecule has 0 aromatic carbocycles. The Balaban J connectivity index is 2.29. The first-order valence-corrected chi connectivity index (χ1v) is 4.95. The predicted molar refractivity (Wildman–Crippen MR) is 52.0 cm³/mol. The highest BCUT2D eigenvalue weighted by molar-refractivity contribution is 5.76. The second kappa shape index (κ2) is 5.19. The molecule has 1 heterocycles. The summed E-state index contributed by atoms with van der Waals surface area (Å²) in [5.74, 6) is -0.0935. The average Bonchev–Trinajstić information content (AvgIpc) is 2.15. The molecule has 0 bridgehead atoms. The highest BCUT2D eigenvalue weighted by Crippen LogP contribution is 2.15. The van der Waals surface area contributed by atoms with Gasteiger partial charge >= 0.3 is 0 Å². The largest absolute Gasteiger partial charge is 0.369 e. The van der Waals surface area contributed by atoms with Crippen LogP contribution in [0.3, 0.4) is 0 Å². The molecule has 0 saturated carbocycles. The van der Waals surface area contributed by atoms with Crippen LogP contribution in [0.1, 0.15) is 19.3 Å². The number of primary amides is 1. The van der Waals surface area contributed by atoms with Crippen molar-refractivity contribution in [3.63, 3.8) is 0 Å². The number of likely N-dealkylation sites (tertiary alicyclic amines) is 1. The topological polar surface area (TPSA) is 72.3 Å². The van der Waals surface area contributed by atoms with Crippen LogP contribution in [0.5, 0.6) is 0 Å². The Bertz CT molecular complexity index is 172. The molecular weight excluding hydrogens is 166 g/mol. The van der Waals surface area contributed by atoms with E-state index in [1.165, 1.54) is 0 Å². The Hall–Kier alpha value is -0.610. The summed E-state index contributed by atoms with van der Waals surface area (Å²) in [6, 6.07) is 0. The van der Waals surface area contributed by atoms with Gasteiger partial charge in [-0.25, -0.2) is 0 Å². The number of hydrogen-bond donors (Lipinski definition) is 2. The van der Waals surface area contributed by atoms with Crippen molar-refractivity contribution in [3.05, 3.63) is 0 Å². The molecule has 0 unspecified atom stereocenters. The normalized spacial score (nSPS) is 24.5. The third-order valence-electron chi connectivity index (χ3n) is 2.59. The van der Waals surface area contributed by atoms with Gasteiger partial charge in [0.05, 0.1) is 5.92 Å². The first-order valence-electron chi connectivity index (χ1n) is 4.95. The molecule has 1 saturated heterocycles. The Kier molecular flexibility index (Phi) is 4.18. The molecule has 4 N–H and O–H groups in total. The van der Waals surface area contributed by atoms with E-state index in [-0.39, 0.29) is 11.8 Å². The van der Waals surface area contributed by atoms with Crippen LogP contribution in [0, 0.1) is 5.92 Å². The average molecular weight is 185 g/mol. The lowest BCUT2D eigenvalue weighted by Crippen LogP contribution is -2.41. The molecule has 1 rings (SSSR count). The number of carbonyl (C=O) groups excluding carboxylic acids is 1. The second-order valence-electron chi connectivity index (χ2n) is 3.68. The standard InChI is InChI=1S/C9H19N3O/c10-4-2-6-12-5-1-3-8(7-12)9(11)13/h8H,1-7,10H2,(H2,11,13)/t8-/m1/s1. The van der Waals surface area contributed by atoms with Gasteiger partial charge in [0.2, 0.25) is 5.91 Å². The summed E-state index contributed by atoms with van der Waals surface area (Å²) in [6.07, 6.45) is 3.04. The lowest BCUT2D eigenvalue weighted by atomic mass is 9.97. The Labute approximate surface area is 79.3 Å². The van der Waals surface area contributed by atoms with Crippen LogP contribution in [0.15, 0.2) is 0 Å². The van der Waals surface area contributed by atoms with Crippen molar-refractivity contribution >= 4 is 5.91 Å². The van der Waals surface area contributed by atoms with Gasteiger partial charge in [-0.05, 0) is 38.9 Å². The molecule has 1 aliphatic rings. The van der Waals surface area contributed by atoms with Crippen molar-refractivity contribution in [2.75, 3.05) is 26.2 Å². The fourth-order valence-electron chi connectivity index (χ4n) is 1.81. The molecule has 76 valence electrons. The van der Waals surface area contributed by atoms with Gasteiger partial charge in [-0.1, -0.05) is 0 Å². The molecule has 0 aromatic rings. The molecule has 0 aromatic heterocycles. The molecule has 4 heteroatoms. The maximum Gasteiger partial charge on any atom is 0.221 e. The van der Waals surface area contributed by atoms with Crippen LogP contribution in [-0.2, 0) is 4.79 Å². The number of nitrogens with two attached hydrogens (primary N) is 2. The highest BCUT2D eigenvalue weighted by atomic mass is 16.1. The van der Waals surface area contributed by atoms with Crippen LogP contribution in [-0.4, -0.2) is 37.0 Å². The molecule has 13 heavy (non-hydrogen) atoms. The minimum atomic E-state index is -0.155. The van der Waals surface area contributed by atoms with Crippen LogP contribution in [0.25, 0.3) is 0 Å². The molecule has 0 spiro atoms. The zero-order chi connectivity index (χ0) is 9.68. The van der Waals surface area contributed by atoms with Crippen LogP contribution in [0.4, 0.5) is 0 Å². The number of amides is 1. The molecule has 0 radical (unpaired) electrons. The van der Waals surface area contributed by atoms with Gasteiger partial charge in [0.15, 0.2) is 0 Å². The number of hydrogen-bond acceptors (Lipinski definition) is 3. The summed E-state index contributed by atoms with van der Waals surface area (Å²) in [4.78, 5) is 13.2.